The van der Waals surface area contributed by atoms with Crippen LogP contribution >= 0.6 is 0 Å². The fourth-order valence-electron chi connectivity index (χ4n) is 3.56. The first-order valence-corrected chi connectivity index (χ1v) is 7.82. The van der Waals surface area contributed by atoms with Gasteiger partial charge in [-0.2, -0.15) is 0 Å². The number of pyridine rings is 1. The van der Waals surface area contributed by atoms with Gasteiger partial charge in [0.2, 0.25) is 0 Å². The summed E-state index contributed by atoms with van der Waals surface area (Å²) in [6.07, 6.45) is 5.52. The number of hydrogen-bond donors (Lipinski definition) is 1. The lowest BCUT2D eigenvalue weighted by Gasteiger charge is -2.32. The van der Waals surface area contributed by atoms with Gasteiger partial charge < -0.3 is 5.32 Å². The molecule has 1 fully saturated rings. The van der Waals surface area contributed by atoms with Crippen LogP contribution in [0.5, 0.6) is 0 Å². The predicted octanol–water partition coefficient (Wildman–Crippen LogP) is 2.61. The van der Waals surface area contributed by atoms with Gasteiger partial charge >= 0.3 is 0 Å². The smallest absolute Gasteiger partial charge is 0.258 e. The molecule has 0 bridgehead atoms. The van der Waals surface area contributed by atoms with E-state index in [0.29, 0.717) is 18.2 Å². The van der Waals surface area contributed by atoms with Crippen molar-refractivity contribution in [3.8, 4) is 0 Å². The van der Waals surface area contributed by atoms with Crippen molar-refractivity contribution < 1.29 is 0 Å². The largest absolute Gasteiger partial charge is 0.308 e. The van der Waals surface area contributed by atoms with Crippen molar-refractivity contribution in [2.75, 3.05) is 0 Å². The van der Waals surface area contributed by atoms with Gasteiger partial charge in [0.15, 0.2) is 0 Å². The molecule has 2 unspecified atom stereocenters. The highest BCUT2D eigenvalue weighted by Gasteiger charge is 2.23. The molecular weight excluding hydrogens is 262 g/mol. The molecule has 0 spiro atoms. The zero-order valence-corrected chi connectivity index (χ0v) is 12.7. The molecular formula is C17H23N3O. The summed E-state index contributed by atoms with van der Waals surface area (Å²) in [5, 5.41) is 3.58. The topological polar surface area (TPSA) is 46.4 Å². The lowest BCUT2D eigenvalue weighted by molar-refractivity contribution is 0.237. The Morgan fingerprint density at radius 3 is 2.76 bits per heavy atom. The van der Waals surface area contributed by atoms with Crippen LogP contribution < -0.4 is 10.9 Å². The molecule has 1 N–H and O–H groups in total. The molecule has 1 aliphatic carbocycles. The third-order valence-electron chi connectivity index (χ3n) is 4.37. The molecule has 2 heterocycles. The summed E-state index contributed by atoms with van der Waals surface area (Å²) in [6.45, 7) is 5.32. The summed E-state index contributed by atoms with van der Waals surface area (Å²) in [7, 11) is 0. The number of fused-ring (bicyclic) bond motifs is 1. The molecule has 3 rings (SSSR count). The molecule has 0 saturated heterocycles. The van der Waals surface area contributed by atoms with E-state index in [2.05, 4.69) is 24.1 Å². The van der Waals surface area contributed by atoms with Crippen LogP contribution in [0.3, 0.4) is 0 Å². The maximum atomic E-state index is 12.0. The van der Waals surface area contributed by atoms with Crippen LogP contribution in [-0.4, -0.2) is 15.4 Å². The van der Waals surface area contributed by atoms with E-state index in [1.54, 1.807) is 16.7 Å². The van der Waals surface area contributed by atoms with Crippen molar-refractivity contribution in [3.63, 3.8) is 0 Å². The monoisotopic (exact) mass is 285 g/mol. The molecule has 112 valence electrons. The van der Waals surface area contributed by atoms with Gasteiger partial charge in [-0.3, -0.25) is 9.20 Å². The average Bonchev–Trinajstić information content (AvgIpc) is 2.44. The SMILES string of the molecule is CC1CC(C)CC(NCc2cc(=O)n3ccccc3n2)C1. The first-order chi connectivity index (χ1) is 10.1. The molecule has 4 heteroatoms. The minimum Gasteiger partial charge on any atom is -0.308 e. The van der Waals surface area contributed by atoms with Crippen LogP contribution in [-0.2, 0) is 6.54 Å². The first-order valence-electron chi connectivity index (χ1n) is 7.82. The standard InChI is InChI=1S/C17H23N3O/c1-12-7-13(2)9-14(8-12)18-11-15-10-17(21)20-6-4-3-5-16(20)19-15/h3-6,10,12-14,18H,7-9,11H2,1-2H3. The maximum absolute atomic E-state index is 12.0. The number of nitrogens with one attached hydrogen (secondary N) is 1. The van der Waals surface area contributed by atoms with Crippen LogP contribution in [0, 0.1) is 11.8 Å². The zero-order valence-electron chi connectivity index (χ0n) is 12.7. The van der Waals surface area contributed by atoms with E-state index in [1.807, 2.05) is 18.2 Å². The number of nitrogens with zero attached hydrogens (tertiary/aromatic N) is 2. The fourth-order valence-corrected chi connectivity index (χ4v) is 3.56. The van der Waals surface area contributed by atoms with Gasteiger partial charge in [-0.25, -0.2) is 4.98 Å². The normalized spacial score (nSPS) is 26.1. The van der Waals surface area contributed by atoms with E-state index in [0.717, 1.165) is 17.5 Å². The summed E-state index contributed by atoms with van der Waals surface area (Å²) < 4.78 is 1.58. The van der Waals surface area contributed by atoms with Gasteiger partial charge in [-0.05, 0) is 43.2 Å². The van der Waals surface area contributed by atoms with E-state index in [4.69, 9.17) is 0 Å². The second kappa shape index (κ2) is 5.98. The molecule has 1 saturated carbocycles. The van der Waals surface area contributed by atoms with E-state index in [-0.39, 0.29) is 5.56 Å². The van der Waals surface area contributed by atoms with Gasteiger partial charge in [-0.15, -0.1) is 0 Å². The van der Waals surface area contributed by atoms with Crippen molar-refractivity contribution in [1.82, 2.24) is 14.7 Å². The second-order valence-electron chi connectivity index (χ2n) is 6.51. The Morgan fingerprint density at radius 1 is 1.24 bits per heavy atom. The summed E-state index contributed by atoms with van der Waals surface area (Å²) >= 11 is 0. The molecule has 2 atom stereocenters. The molecule has 0 aliphatic heterocycles. The van der Waals surface area contributed by atoms with Crippen molar-refractivity contribution in [2.45, 2.75) is 45.7 Å². The predicted molar refractivity (Wildman–Crippen MR) is 84.3 cm³/mol. The van der Waals surface area contributed by atoms with Crippen LogP contribution in [0.1, 0.15) is 38.8 Å². The van der Waals surface area contributed by atoms with Crippen LogP contribution in [0.15, 0.2) is 35.3 Å². The van der Waals surface area contributed by atoms with Gasteiger partial charge in [0, 0.05) is 24.8 Å². The highest BCUT2D eigenvalue weighted by Crippen LogP contribution is 2.28. The second-order valence-corrected chi connectivity index (χ2v) is 6.51. The molecule has 0 aromatic carbocycles. The third-order valence-corrected chi connectivity index (χ3v) is 4.37. The Labute approximate surface area is 125 Å². The number of hydrogen-bond acceptors (Lipinski definition) is 3. The summed E-state index contributed by atoms with van der Waals surface area (Å²) in [6, 6.07) is 7.80. The zero-order chi connectivity index (χ0) is 14.8. The van der Waals surface area contributed by atoms with E-state index >= 15 is 0 Å². The summed E-state index contributed by atoms with van der Waals surface area (Å²) in [5.41, 5.74) is 1.53. The van der Waals surface area contributed by atoms with Crippen molar-refractivity contribution in [2.24, 2.45) is 11.8 Å². The molecule has 4 nitrogen and oxygen atoms in total. The first kappa shape index (κ1) is 14.3. The Morgan fingerprint density at radius 2 is 2.00 bits per heavy atom. The molecule has 0 radical (unpaired) electrons. The molecule has 2 aromatic rings. The average molecular weight is 285 g/mol. The van der Waals surface area contributed by atoms with E-state index < -0.39 is 0 Å². The molecule has 1 aliphatic rings. The Hall–Kier alpha value is -1.68. The minimum absolute atomic E-state index is 0.0113. The molecule has 21 heavy (non-hydrogen) atoms. The fraction of sp³-hybridized carbons (Fsp3) is 0.529. The third kappa shape index (κ3) is 3.32. The van der Waals surface area contributed by atoms with Crippen LogP contribution in [0.2, 0.25) is 0 Å². The minimum atomic E-state index is -0.0113. The van der Waals surface area contributed by atoms with Crippen molar-refractivity contribution >= 4 is 5.65 Å². The summed E-state index contributed by atoms with van der Waals surface area (Å²) in [5.74, 6) is 1.56. The Kier molecular flexibility index (Phi) is 4.06. The van der Waals surface area contributed by atoms with Gasteiger partial charge in [0.05, 0.1) is 5.69 Å². The van der Waals surface area contributed by atoms with Gasteiger partial charge in [-0.1, -0.05) is 19.9 Å². The lowest BCUT2D eigenvalue weighted by atomic mass is 9.80. The number of rotatable bonds is 3. The van der Waals surface area contributed by atoms with Crippen LogP contribution in [0.4, 0.5) is 0 Å². The van der Waals surface area contributed by atoms with E-state index in [9.17, 15) is 4.79 Å². The van der Waals surface area contributed by atoms with Gasteiger partial charge in [0.1, 0.15) is 5.65 Å². The molecule has 2 aromatic heterocycles. The Balaban J connectivity index is 1.72. The van der Waals surface area contributed by atoms with Crippen LogP contribution in [0.25, 0.3) is 5.65 Å². The van der Waals surface area contributed by atoms with Crippen molar-refractivity contribution in [3.05, 3.63) is 46.5 Å². The highest BCUT2D eigenvalue weighted by molar-refractivity contribution is 5.37. The quantitative estimate of drug-likeness (QED) is 0.943. The Bertz CT molecular complexity index is 669. The van der Waals surface area contributed by atoms with E-state index in [1.165, 1.54) is 19.3 Å². The number of aromatic nitrogens is 2. The molecule has 0 amide bonds. The lowest BCUT2D eigenvalue weighted by Crippen LogP contribution is -2.36. The summed E-state index contributed by atoms with van der Waals surface area (Å²) in [4.78, 5) is 16.6. The van der Waals surface area contributed by atoms with Crippen molar-refractivity contribution in [1.29, 1.82) is 0 Å². The highest BCUT2D eigenvalue weighted by atomic mass is 16.1. The maximum Gasteiger partial charge on any atom is 0.258 e. The van der Waals surface area contributed by atoms with Gasteiger partial charge in [0.25, 0.3) is 5.56 Å².